The fraction of sp³-hybridized carbons (Fsp3) is 0.364. The third-order valence-corrected chi connectivity index (χ3v) is 5.69. The van der Waals surface area contributed by atoms with Gasteiger partial charge in [0, 0.05) is 61.6 Å². The molecule has 1 fully saturated rings. The summed E-state index contributed by atoms with van der Waals surface area (Å²) in [5.41, 5.74) is 3.37. The average Bonchev–Trinajstić information content (AvgIpc) is 3.14. The Morgan fingerprint density at radius 2 is 1.75 bits per heavy atom. The monoisotopic (exact) mass is 381 g/mol. The van der Waals surface area contributed by atoms with Gasteiger partial charge in [0.1, 0.15) is 19.0 Å². The van der Waals surface area contributed by atoms with Crippen molar-refractivity contribution in [3.05, 3.63) is 54.0 Å². The van der Waals surface area contributed by atoms with Gasteiger partial charge in [0.05, 0.1) is 0 Å². The van der Waals surface area contributed by atoms with Gasteiger partial charge < -0.3 is 19.4 Å². The third-order valence-electron chi connectivity index (χ3n) is 5.69. The van der Waals surface area contributed by atoms with E-state index in [4.69, 9.17) is 9.47 Å². The minimum absolute atomic E-state index is 0.179. The molecule has 0 unspecified atom stereocenters. The Morgan fingerprint density at radius 1 is 0.929 bits per heavy atom. The van der Waals surface area contributed by atoms with Gasteiger partial charge in [0.2, 0.25) is 0 Å². The predicted molar refractivity (Wildman–Crippen MR) is 108 cm³/mol. The molecule has 0 aliphatic carbocycles. The Hall–Kier alpha value is -2.73. The lowest BCUT2D eigenvalue weighted by atomic mass is 10.1. The molecule has 6 heteroatoms. The number of nitrogens with one attached hydrogen (secondary N) is 1. The fourth-order valence-corrected chi connectivity index (χ4v) is 4.09. The standard InChI is InChI=1S/C22H24FN3O2/c23-17-1-3-20-19(13-17)16(15-24-20)5-6-25-7-9-26(10-8-25)18-2-4-21-22(14-18)28-12-11-27-21/h1-4,13-15,24H,5-12H2. The maximum atomic E-state index is 13.6. The van der Waals surface area contributed by atoms with Gasteiger partial charge in [-0.3, -0.25) is 4.90 Å². The van der Waals surface area contributed by atoms with Crippen molar-refractivity contribution < 1.29 is 13.9 Å². The first kappa shape index (κ1) is 17.4. The van der Waals surface area contributed by atoms with Crippen molar-refractivity contribution in [3.63, 3.8) is 0 Å². The molecule has 5 rings (SSSR count). The molecule has 2 aromatic carbocycles. The quantitative estimate of drug-likeness (QED) is 0.752. The highest BCUT2D eigenvalue weighted by molar-refractivity contribution is 5.83. The van der Waals surface area contributed by atoms with Crippen molar-refractivity contribution in [1.29, 1.82) is 0 Å². The van der Waals surface area contributed by atoms with Crippen LogP contribution in [-0.4, -0.2) is 55.8 Å². The summed E-state index contributed by atoms with van der Waals surface area (Å²) in [6.45, 7) is 6.23. The van der Waals surface area contributed by atoms with Crippen molar-refractivity contribution >= 4 is 16.6 Å². The summed E-state index contributed by atoms with van der Waals surface area (Å²) in [5.74, 6) is 1.50. The zero-order valence-electron chi connectivity index (χ0n) is 15.8. The number of hydrogen-bond donors (Lipinski definition) is 1. The van der Waals surface area contributed by atoms with Crippen molar-refractivity contribution in [2.75, 3.05) is 50.8 Å². The third kappa shape index (κ3) is 3.40. The van der Waals surface area contributed by atoms with E-state index in [1.54, 1.807) is 12.1 Å². The molecule has 0 amide bonds. The van der Waals surface area contributed by atoms with Crippen LogP contribution in [0.5, 0.6) is 11.5 Å². The summed E-state index contributed by atoms with van der Waals surface area (Å²) < 4.78 is 24.9. The molecule has 2 aliphatic heterocycles. The molecule has 1 aromatic heterocycles. The lowest BCUT2D eigenvalue weighted by molar-refractivity contribution is 0.171. The van der Waals surface area contributed by atoms with Crippen LogP contribution in [0.1, 0.15) is 5.56 Å². The summed E-state index contributed by atoms with van der Waals surface area (Å²) in [5, 5.41) is 0.995. The number of benzene rings is 2. The van der Waals surface area contributed by atoms with E-state index in [1.807, 2.05) is 12.3 Å². The smallest absolute Gasteiger partial charge is 0.163 e. The number of rotatable bonds is 4. The van der Waals surface area contributed by atoms with Gasteiger partial charge >= 0.3 is 0 Å². The number of ether oxygens (including phenoxy) is 2. The van der Waals surface area contributed by atoms with E-state index in [9.17, 15) is 4.39 Å². The molecule has 5 nitrogen and oxygen atoms in total. The van der Waals surface area contributed by atoms with Crippen molar-refractivity contribution in [2.45, 2.75) is 6.42 Å². The summed E-state index contributed by atoms with van der Waals surface area (Å²) in [6.07, 6.45) is 2.93. The maximum absolute atomic E-state index is 13.6. The Kier molecular flexibility index (Phi) is 4.56. The first-order valence-electron chi connectivity index (χ1n) is 9.89. The van der Waals surface area contributed by atoms with Crippen LogP contribution in [0.15, 0.2) is 42.6 Å². The molecular formula is C22H24FN3O2. The minimum Gasteiger partial charge on any atom is -0.486 e. The summed E-state index contributed by atoms with van der Waals surface area (Å²) >= 11 is 0. The van der Waals surface area contributed by atoms with Crippen LogP contribution in [0.25, 0.3) is 10.9 Å². The number of H-pyrrole nitrogens is 1. The minimum atomic E-state index is -0.179. The highest BCUT2D eigenvalue weighted by atomic mass is 19.1. The lowest BCUT2D eigenvalue weighted by Crippen LogP contribution is -2.47. The van der Waals surface area contributed by atoms with Crippen LogP contribution >= 0.6 is 0 Å². The maximum Gasteiger partial charge on any atom is 0.163 e. The van der Waals surface area contributed by atoms with E-state index in [-0.39, 0.29) is 5.82 Å². The number of hydrogen-bond acceptors (Lipinski definition) is 4. The fourth-order valence-electron chi connectivity index (χ4n) is 4.09. The Labute approximate surface area is 163 Å². The van der Waals surface area contributed by atoms with Gasteiger partial charge in [-0.2, -0.15) is 0 Å². The molecule has 2 aliphatic rings. The molecule has 0 spiro atoms. The van der Waals surface area contributed by atoms with E-state index >= 15 is 0 Å². The van der Waals surface area contributed by atoms with Gasteiger partial charge in [-0.05, 0) is 42.3 Å². The molecule has 0 atom stereocenters. The number of halogens is 1. The van der Waals surface area contributed by atoms with E-state index < -0.39 is 0 Å². The SMILES string of the molecule is Fc1ccc2[nH]cc(CCN3CCN(c4ccc5c(c4)OCCO5)CC3)c2c1. The van der Waals surface area contributed by atoms with Gasteiger partial charge in [0.25, 0.3) is 0 Å². The van der Waals surface area contributed by atoms with Crippen LogP contribution in [0.4, 0.5) is 10.1 Å². The van der Waals surface area contributed by atoms with Gasteiger partial charge in [-0.15, -0.1) is 0 Å². The van der Waals surface area contributed by atoms with E-state index in [1.165, 1.54) is 17.3 Å². The van der Waals surface area contributed by atoms with E-state index in [2.05, 4.69) is 26.9 Å². The lowest BCUT2D eigenvalue weighted by Gasteiger charge is -2.36. The number of piperazine rings is 1. The normalized spacial score (nSPS) is 17.2. The molecule has 3 aromatic rings. The molecule has 0 saturated carbocycles. The second kappa shape index (κ2) is 7.36. The molecule has 0 radical (unpaired) electrons. The van der Waals surface area contributed by atoms with Gasteiger partial charge in [-0.1, -0.05) is 0 Å². The van der Waals surface area contributed by atoms with Gasteiger partial charge in [0.15, 0.2) is 11.5 Å². The number of anilines is 1. The number of nitrogens with zero attached hydrogens (tertiary/aromatic N) is 2. The summed E-state index contributed by atoms with van der Waals surface area (Å²) in [4.78, 5) is 8.12. The first-order chi connectivity index (χ1) is 13.8. The van der Waals surface area contributed by atoms with Gasteiger partial charge in [-0.25, -0.2) is 4.39 Å². The van der Waals surface area contributed by atoms with Crippen LogP contribution < -0.4 is 14.4 Å². The predicted octanol–water partition coefficient (Wildman–Crippen LogP) is 3.44. The van der Waals surface area contributed by atoms with Crippen LogP contribution in [0.3, 0.4) is 0 Å². The number of aromatic amines is 1. The van der Waals surface area contributed by atoms with Crippen molar-refractivity contribution in [2.24, 2.45) is 0 Å². The number of aromatic nitrogens is 1. The average molecular weight is 381 g/mol. The Morgan fingerprint density at radius 3 is 2.61 bits per heavy atom. The highest BCUT2D eigenvalue weighted by Gasteiger charge is 2.20. The molecule has 1 N–H and O–H groups in total. The zero-order valence-corrected chi connectivity index (χ0v) is 15.8. The topological polar surface area (TPSA) is 40.7 Å². The zero-order chi connectivity index (χ0) is 18.9. The second-order valence-electron chi connectivity index (χ2n) is 7.41. The molecule has 28 heavy (non-hydrogen) atoms. The molecule has 1 saturated heterocycles. The van der Waals surface area contributed by atoms with E-state index in [0.717, 1.165) is 61.5 Å². The van der Waals surface area contributed by atoms with Crippen LogP contribution in [-0.2, 0) is 6.42 Å². The Balaban J connectivity index is 1.19. The molecular weight excluding hydrogens is 357 g/mol. The Bertz CT molecular complexity index is 979. The molecule has 0 bridgehead atoms. The highest BCUT2D eigenvalue weighted by Crippen LogP contribution is 2.34. The van der Waals surface area contributed by atoms with Crippen molar-refractivity contribution in [1.82, 2.24) is 9.88 Å². The largest absolute Gasteiger partial charge is 0.486 e. The van der Waals surface area contributed by atoms with Crippen molar-refractivity contribution in [3.8, 4) is 11.5 Å². The van der Waals surface area contributed by atoms with Crippen LogP contribution in [0.2, 0.25) is 0 Å². The van der Waals surface area contributed by atoms with E-state index in [0.29, 0.717) is 13.2 Å². The van der Waals surface area contributed by atoms with Crippen LogP contribution in [0, 0.1) is 5.82 Å². The first-order valence-corrected chi connectivity index (χ1v) is 9.89. The second-order valence-corrected chi connectivity index (χ2v) is 7.41. The summed E-state index contributed by atoms with van der Waals surface area (Å²) in [7, 11) is 0. The number of fused-ring (bicyclic) bond motifs is 2. The summed E-state index contributed by atoms with van der Waals surface area (Å²) in [6, 6.07) is 11.1. The molecule has 146 valence electrons. The molecule has 3 heterocycles.